The first kappa shape index (κ1) is 17.8. The van der Waals surface area contributed by atoms with Crippen molar-refractivity contribution in [2.75, 3.05) is 12.4 Å². The monoisotopic (exact) mass is 345 g/mol. The first-order valence-corrected chi connectivity index (χ1v) is 8.83. The SMILES string of the molecule is CCc1cc2ccc(C(C)(C#N)Cc3cccc(NC)c3)cc2[nH]c1=O. The molecule has 132 valence electrons. The Labute approximate surface area is 153 Å². The second-order valence-corrected chi connectivity index (χ2v) is 6.85. The topological polar surface area (TPSA) is 68.7 Å². The van der Waals surface area contributed by atoms with Crippen LogP contribution in [0.1, 0.15) is 30.5 Å². The first-order valence-electron chi connectivity index (χ1n) is 8.83. The van der Waals surface area contributed by atoms with Crippen molar-refractivity contribution in [2.45, 2.75) is 32.1 Å². The molecule has 4 nitrogen and oxygen atoms in total. The highest BCUT2D eigenvalue weighted by Crippen LogP contribution is 2.30. The molecule has 0 aliphatic heterocycles. The van der Waals surface area contributed by atoms with Gasteiger partial charge in [-0.3, -0.25) is 4.79 Å². The van der Waals surface area contributed by atoms with Crippen molar-refractivity contribution >= 4 is 16.6 Å². The molecule has 1 atom stereocenters. The van der Waals surface area contributed by atoms with Crippen LogP contribution >= 0.6 is 0 Å². The largest absolute Gasteiger partial charge is 0.388 e. The summed E-state index contributed by atoms with van der Waals surface area (Å²) in [7, 11) is 1.88. The minimum absolute atomic E-state index is 0.0578. The molecule has 3 rings (SSSR count). The standard InChI is InChI=1S/C22H23N3O/c1-4-16-11-17-8-9-18(12-20(17)25-21(16)26)22(2,14-23)13-15-6-5-7-19(10-15)24-3/h5-12,24H,4,13H2,1-3H3,(H,25,26). The van der Waals surface area contributed by atoms with Gasteiger partial charge in [-0.05, 0) is 60.5 Å². The Balaban J connectivity index is 2.03. The number of fused-ring (bicyclic) bond motifs is 1. The number of hydrogen-bond donors (Lipinski definition) is 2. The summed E-state index contributed by atoms with van der Waals surface area (Å²) in [6, 6.07) is 18.4. The molecule has 26 heavy (non-hydrogen) atoms. The maximum atomic E-state index is 12.1. The Hall–Kier alpha value is -3.06. The number of nitriles is 1. The highest BCUT2D eigenvalue weighted by molar-refractivity contribution is 5.80. The zero-order valence-electron chi connectivity index (χ0n) is 15.4. The van der Waals surface area contributed by atoms with Gasteiger partial charge in [-0.25, -0.2) is 0 Å². The van der Waals surface area contributed by atoms with E-state index in [0.29, 0.717) is 12.8 Å². The van der Waals surface area contributed by atoms with Crippen LogP contribution in [0, 0.1) is 11.3 Å². The van der Waals surface area contributed by atoms with Gasteiger partial charge in [-0.15, -0.1) is 0 Å². The fourth-order valence-electron chi connectivity index (χ4n) is 3.30. The van der Waals surface area contributed by atoms with E-state index in [1.165, 1.54) is 0 Å². The molecular formula is C22H23N3O. The maximum absolute atomic E-state index is 12.1. The van der Waals surface area contributed by atoms with Crippen molar-refractivity contribution in [1.82, 2.24) is 4.98 Å². The van der Waals surface area contributed by atoms with Crippen LogP contribution in [0.25, 0.3) is 10.9 Å². The second-order valence-electron chi connectivity index (χ2n) is 6.85. The normalized spacial score (nSPS) is 13.2. The lowest BCUT2D eigenvalue weighted by Gasteiger charge is -2.23. The third kappa shape index (κ3) is 3.34. The zero-order chi connectivity index (χ0) is 18.7. The van der Waals surface area contributed by atoms with Gasteiger partial charge in [0, 0.05) is 23.8 Å². The van der Waals surface area contributed by atoms with E-state index in [9.17, 15) is 10.1 Å². The van der Waals surface area contributed by atoms with E-state index in [4.69, 9.17) is 0 Å². The van der Waals surface area contributed by atoms with Crippen molar-refractivity contribution in [1.29, 1.82) is 5.26 Å². The van der Waals surface area contributed by atoms with E-state index in [0.717, 1.165) is 33.3 Å². The van der Waals surface area contributed by atoms with Gasteiger partial charge in [0.15, 0.2) is 0 Å². The minimum Gasteiger partial charge on any atom is -0.388 e. The zero-order valence-corrected chi connectivity index (χ0v) is 15.4. The number of nitrogens with zero attached hydrogens (tertiary/aromatic N) is 1. The smallest absolute Gasteiger partial charge is 0.251 e. The van der Waals surface area contributed by atoms with Crippen molar-refractivity contribution in [3.8, 4) is 6.07 Å². The molecule has 0 aliphatic rings. The van der Waals surface area contributed by atoms with Gasteiger partial charge >= 0.3 is 0 Å². The molecule has 3 aromatic rings. The Morgan fingerprint density at radius 2 is 2.00 bits per heavy atom. The molecular weight excluding hydrogens is 322 g/mol. The Morgan fingerprint density at radius 3 is 2.69 bits per heavy atom. The summed E-state index contributed by atoms with van der Waals surface area (Å²) in [5.41, 5.74) is 3.83. The number of anilines is 1. The molecule has 0 fully saturated rings. The van der Waals surface area contributed by atoms with E-state index in [1.807, 2.05) is 63.4 Å². The van der Waals surface area contributed by atoms with Gasteiger partial charge in [-0.1, -0.05) is 31.2 Å². The van der Waals surface area contributed by atoms with Crippen molar-refractivity contribution < 1.29 is 0 Å². The molecule has 0 spiro atoms. The number of aromatic amines is 1. The number of aryl methyl sites for hydroxylation is 1. The van der Waals surface area contributed by atoms with Crippen LogP contribution in [-0.2, 0) is 18.3 Å². The summed E-state index contributed by atoms with van der Waals surface area (Å²) in [6.07, 6.45) is 1.30. The fourth-order valence-corrected chi connectivity index (χ4v) is 3.30. The van der Waals surface area contributed by atoms with Crippen LogP contribution in [0.15, 0.2) is 53.3 Å². The summed E-state index contributed by atoms with van der Waals surface area (Å²) in [4.78, 5) is 15.1. The molecule has 0 bridgehead atoms. The molecule has 1 heterocycles. The van der Waals surface area contributed by atoms with Crippen LogP contribution in [0.3, 0.4) is 0 Å². The highest BCUT2D eigenvalue weighted by atomic mass is 16.1. The Bertz CT molecular complexity index is 1050. The summed E-state index contributed by atoms with van der Waals surface area (Å²) in [5.74, 6) is 0. The minimum atomic E-state index is -0.680. The second kappa shape index (κ2) is 7.05. The third-order valence-electron chi connectivity index (χ3n) is 4.96. The number of benzene rings is 2. The quantitative estimate of drug-likeness (QED) is 0.730. The van der Waals surface area contributed by atoms with E-state index in [2.05, 4.69) is 22.4 Å². The fraction of sp³-hybridized carbons (Fsp3) is 0.273. The summed E-state index contributed by atoms with van der Waals surface area (Å²) >= 11 is 0. The maximum Gasteiger partial charge on any atom is 0.251 e. The molecule has 0 saturated heterocycles. The average Bonchev–Trinajstić information content (AvgIpc) is 2.67. The Morgan fingerprint density at radius 1 is 1.19 bits per heavy atom. The number of hydrogen-bond acceptors (Lipinski definition) is 3. The van der Waals surface area contributed by atoms with Gasteiger partial charge in [-0.2, -0.15) is 5.26 Å². The number of H-pyrrole nitrogens is 1. The van der Waals surface area contributed by atoms with Crippen molar-refractivity contribution in [3.63, 3.8) is 0 Å². The highest BCUT2D eigenvalue weighted by Gasteiger charge is 2.27. The molecule has 1 aromatic heterocycles. The van der Waals surface area contributed by atoms with Crippen LogP contribution in [0.5, 0.6) is 0 Å². The molecule has 0 radical (unpaired) electrons. The van der Waals surface area contributed by atoms with Crippen LogP contribution in [0.2, 0.25) is 0 Å². The van der Waals surface area contributed by atoms with E-state index < -0.39 is 5.41 Å². The molecule has 0 aliphatic carbocycles. The molecule has 2 aromatic carbocycles. The van der Waals surface area contributed by atoms with Gasteiger partial charge in [0.05, 0.1) is 11.5 Å². The number of nitrogens with one attached hydrogen (secondary N) is 2. The molecule has 2 N–H and O–H groups in total. The molecule has 4 heteroatoms. The van der Waals surface area contributed by atoms with Crippen molar-refractivity contribution in [3.05, 3.63) is 75.6 Å². The Kier molecular flexibility index (Phi) is 4.81. The molecule has 0 amide bonds. The number of rotatable bonds is 5. The third-order valence-corrected chi connectivity index (χ3v) is 4.96. The lowest BCUT2D eigenvalue weighted by molar-refractivity contribution is 0.607. The lowest BCUT2D eigenvalue weighted by atomic mass is 9.78. The summed E-state index contributed by atoms with van der Waals surface area (Å²) in [6.45, 7) is 3.91. The lowest BCUT2D eigenvalue weighted by Crippen LogP contribution is -2.23. The van der Waals surface area contributed by atoms with Crippen LogP contribution < -0.4 is 10.9 Å². The van der Waals surface area contributed by atoms with Crippen LogP contribution in [0.4, 0.5) is 5.69 Å². The van der Waals surface area contributed by atoms with E-state index >= 15 is 0 Å². The van der Waals surface area contributed by atoms with Gasteiger partial charge < -0.3 is 10.3 Å². The summed E-state index contributed by atoms with van der Waals surface area (Å²) < 4.78 is 0. The van der Waals surface area contributed by atoms with Gasteiger partial charge in [0.1, 0.15) is 0 Å². The van der Waals surface area contributed by atoms with Gasteiger partial charge in [0.2, 0.25) is 0 Å². The predicted octanol–water partition coefficient (Wildman–Crippen LogP) is 4.16. The molecule has 0 saturated carbocycles. The first-order chi connectivity index (χ1) is 12.5. The number of pyridine rings is 1. The number of aromatic nitrogens is 1. The summed E-state index contributed by atoms with van der Waals surface area (Å²) in [5, 5.41) is 14.0. The van der Waals surface area contributed by atoms with E-state index in [-0.39, 0.29) is 5.56 Å². The predicted molar refractivity (Wildman–Crippen MR) is 107 cm³/mol. The van der Waals surface area contributed by atoms with Crippen LogP contribution in [-0.4, -0.2) is 12.0 Å². The average molecular weight is 345 g/mol. The van der Waals surface area contributed by atoms with E-state index in [1.54, 1.807) is 0 Å². The van der Waals surface area contributed by atoms with Gasteiger partial charge in [0.25, 0.3) is 5.56 Å². The van der Waals surface area contributed by atoms with Crippen molar-refractivity contribution in [2.24, 2.45) is 0 Å². The molecule has 1 unspecified atom stereocenters.